The summed E-state index contributed by atoms with van der Waals surface area (Å²) in [7, 11) is 1.61. The monoisotopic (exact) mass is 455 g/mol. The van der Waals surface area contributed by atoms with Gasteiger partial charge in [-0.05, 0) is 30.7 Å². The van der Waals surface area contributed by atoms with Gasteiger partial charge in [-0.15, -0.1) is 0 Å². The Labute approximate surface area is 193 Å². The predicted octanol–water partition coefficient (Wildman–Crippen LogP) is 3.70. The number of hydrogen-bond donors (Lipinski definition) is 3. The van der Waals surface area contributed by atoms with Crippen molar-refractivity contribution in [2.24, 2.45) is 4.99 Å². The summed E-state index contributed by atoms with van der Waals surface area (Å²) >= 11 is 0. The minimum atomic E-state index is -0.909. The number of aliphatic hydroxyl groups excluding tert-OH is 1. The van der Waals surface area contributed by atoms with Crippen LogP contribution < -0.4 is 14.2 Å². The molecule has 8 nitrogen and oxygen atoms in total. The van der Waals surface area contributed by atoms with Crippen molar-refractivity contribution in [1.29, 1.82) is 0 Å². The van der Waals surface area contributed by atoms with Crippen LogP contribution in [0, 0.1) is 0 Å². The summed E-state index contributed by atoms with van der Waals surface area (Å²) in [5.41, 5.74) is 1.75. The molecule has 1 aliphatic heterocycles. The van der Waals surface area contributed by atoms with Crippen molar-refractivity contribution >= 4 is 5.71 Å². The zero-order chi connectivity index (χ0) is 23.8. The SMILES string of the molecule is C=C/N=C(\C=C/COC)COc1cc(C2Oc3cc(O)cc(O)c3CC2O)ccc1OCC. The average molecular weight is 456 g/mol. The van der Waals surface area contributed by atoms with Crippen LogP contribution in [0.3, 0.4) is 0 Å². The van der Waals surface area contributed by atoms with Crippen molar-refractivity contribution in [1.82, 2.24) is 0 Å². The first-order valence-corrected chi connectivity index (χ1v) is 10.6. The number of benzene rings is 2. The average Bonchev–Trinajstić information content (AvgIpc) is 2.79. The van der Waals surface area contributed by atoms with E-state index >= 15 is 0 Å². The molecule has 3 N–H and O–H groups in total. The fourth-order valence-corrected chi connectivity index (χ4v) is 3.52. The number of rotatable bonds is 10. The molecule has 0 saturated carbocycles. The van der Waals surface area contributed by atoms with Crippen molar-refractivity contribution < 1.29 is 34.3 Å². The lowest BCUT2D eigenvalue weighted by atomic mass is 9.94. The largest absolute Gasteiger partial charge is 0.508 e. The quantitative estimate of drug-likeness (QED) is 0.469. The third-order valence-electron chi connectivity index (χ3n) is 4.99. The van der Waals surface area contributed by atoms with Crippen molar-refractivity contribution in [2.45, 2.75) is 25.6 Å². The van der Waals surface area contributed by atoms with E-state index in [-0.39, 0.29) is 24.5 Å². The van der Waals surface area contributed by atoms with Crippen LogP contribution in [0.25, 0.3) is 0 Å². The molecule has 2 atom stereocenters. The number of fused-ring (bicyclic) bond motifs is 1. The minimum Gasteiger partial charge on any atom is -0.508 e. The molecule has 0 amide bonds. The molecule has 8 heteroatoms. The van der Waals surface area contributed by atoms with E-state index in [4.69, 9.17) is 18.9 Å². The number of aromatic hydroxyl groups is 2. The van der Waals surface area contributed by atoms with Crippen LogP contribution in [0.4, 0.5) is 0 Å². The second-order valence-corrected chi connectivity index (χ2v) is 7.34. The number of aliphatic hydroxyl groups is 1. The first kappa shape index (κ1) is 24.2. The van der Waals surface area contributed by atoms with Crippen LogP contribution in [0.1, 0.15) is 24.2 Å². The first-order chi connectivity index (χ1) is 16.0. The van der Waals surface area contributed by atoms with Gasteiger partial charge in [-0.2, -0.15) is 0 Å². The van der Waals surface area contributed by atoms with E-state index < -0.39 is 12.2 Å². The zero-order valence-corrected chi connectivity index (χ0v) is 18.7. The highest BCUT2D eigenvalue weighted by Gasteiger charge is 2.32. The predicted molar refractivity (Wildman–Crippen MR) is 125 cm³/mol. The maximum absolute atomic E-state index is 10.7. The summed E-state index contributed by atoms with van der Waals surface area (Å²) in [5, 5.41) is 30.6. The number of phenolic OH excluding ortho intramolecular Hbond substituents is 2. The number of nitrogens with zero attached hydrogens (tertiary/aromatic N) is 1. The summed E-state index contributed by atoms with van der Waals surface area (Å²) in [6.07, 6.45) is 3.59. The molecule has 0 bridgehead atoms. The lowest BCUT2D eigenvalue weighted by molar-refractivity contribution is 0.0196. The van der Waals surface area contributed by atoms with Gasteiger partial charge in [0.05, 0.1) is 25.0 Å². The summed E-state index contributed by atoms with van der Waals surface area (Å²) in [6, 6.07) is 7.93. The summed E-state index contributed by atoms with van der Waals surface area (Å²) < 4.78 is 22.7. The molecule has 2 aromatic rings. The van der Waals surface area contributed by atoms with E-state index in [2.05, 4.69) is 11.6 Å². The maximum Gasteiger partial charge on any atom is 0.162 e. The molecule has 0 radical (unpaired) electrons. The molecule has 2 unspecified atom stereocenters. The van der Waals surface area contributed by atoms with Gasteiger partial charge >= 0.3 is 0 Å². The van der Waals surface area contributed by atoms with Crippen LogP contribution >= 0.6 is 0 Å². The number of aliphatic imine (C=N–C) groups is 1. The smallest absolute Gasteiger partial charge is 0.162 e. The van der Waals surface area contributed by atoms with Crippen LogP contribution in [-0.4, -0.2) is 54.1 Å². The van der Waals surface area contributed by atoms with Gasteiger partial charge in [-0.1, -0.05) is 18.7 Å². The van der Waals surface area contributed by atoms with E-state index in [0.717, 1.165) is 0 Å². The van der Waals surface area contributed by atoms with Gasteiger partial charge in [0.15, 0.2) is 11.5 Å². The number of hydrogen-bond acceptors (Lipinski definition) is 8. The van der Waals surface area contributed by atoms with Gasteiger partial charge < -0.3 is 34.3 Å². The molecule has 1 aliphatic rings. The van der Waals surface area contributed by atoms with Crippen molar-refractivity contribution in [2.75, 3.05) is 26.9 Å². The highest BCUT2D eigenvalue weighted by atomic mass is 16.5. The Hall–Kier alpha value is -3.49. The van der Waals surface area contributed by atoms with E-state index in [9.17, 15) is 15.3 Å². The zero-order valence-electron chi connectivity index (χ0n) is 18.7. The topological polar surface area (TPSA) is 110 Å². The summed E-state index contributed by atoms with van der Waals surface area (Å²) in [5.74, 6) is 1.09. The minimum absolute atomic E-state index is 0.117. The normalized spacial score (nSPS) is 18.0. The van der Waals surface area contributed by atoms with Gasteiger partial charge in [0.1, 0.15) is 30.0 Å². The highest BCUT2D eigenvalue weighted by molar-refractivity contribution is 5.96. The third kappa shape index (κ3) is 6.06. The van der Waals surface area contributed by atoms with Gasteiger partial charge in [-0.25, -0.2) is 0 Å². The number of phenols is 2. The van der Waals surface area contributed by atoms with E-state index in [1.54, 1.807) is 31.4 Å². The summed E-state index contributed by atoms with van der Waals surface area (Å²) in [6.45, 7) is 6.56. The van der Waals surface area contributed by atoms with Crippen molar-refractivity contribution in [3.05, 3.63) is 66.4 Å². The summed E-state index contributed by atoms with van der Waals surface area (Å²) in [4.78, 5) is 4.21. The molecular formula is C25H29NO7. The van der Waals surface area contributed by atoms with Gasteiger partial charge in [0, 0.05) is 37.4 Å². The first-order valence-electron chi connectivity index (χ1n) is 10.6. The molecule has 1 heterocycles. The molecule has 0 fully saturated rings. The Balaban J connectivity index is 1.86. The Bertz CT molecular complexity index is 1030. The lowest BCUT2D eigenvalue weighted by Gasteiger charge is -2.31. The Morgan fingerprint density at radius 1 is 1.21 bits per heavy atom. The molecule has 0 saturated heterocycles. The molecule has 176 valence electrons. The Morgan fingerprint density at radius 3 is 2.76 bits per heavy atom. The van der Waals surface area contributed by atoms with E-state index in [1.807, 2.05) is 13.0 Å². The lowest BCUT2D eigenvalue weighted by Crippen LogP contribution is -2.30. The van der Waals surface area contributed by atoms with E-state index in [1.165, 1.54) is 18.3 Å². The second-order valence-electron chi connectivity index (χ2n) is 7.34. The Morgan fingerprint density at radius 2 is 2.03 bits per heavy atom. The number of ether oxygens (including phenoxy) is 4. The molecule has 2 aromatic carbocycles. The van der Waals surface area contributed by atoms with Crippen LogP contribution in [0.5, 0.6) is 28.7 Å². The van der Waals surface area contributed by atoms with Crippen LogP contribution in [-0.2, 0) is 11.2 Å². The highest BCUT2D eigenvalue weighted by Crippen LogP contribution is 2.43. The van der Waals surface area contributed by atoms with Crippen LogP contribution in [0.2, 0.25) is 0 Å². The van der Waals surface area contributed by atoms with Crippen molar-refractivity contribution in [3.8, 4) is 28.7 Å². The second kappa shape index (κ2) is 11.4. The maximum atomic E-state index is 10.7. The molecular weight excluding hydrogens is 426 g/mol. The molecule has 3 rings (SSSR count). The van der Waals surface area contributed by atoms with Gasteiger partial charge in [0.2, 0.25) is 0 Å². The third-order valence-corrected chi connectivity index (χ3v) is 4.99. The van der Waals surface area contributed by atoms with Gasteiger partial charge in [-0.3, -0.25) is 4.99 Å². The fraction of sp³-hybridized carbons (Fsp3) is 0.320. The standard InChI is InChI=1S/C25H29NO7/c1-4-26-17(7-6-10-30-3)15-32-24-11-16(8-9-22(24)31-5-2)25-21(29)14-19-20(28)12-18(27)13-23(19)33-25/h4,6-9,11-13,21,25,27-29H,1,5,10,14-15H2,2-3H3/b7-6-,26-17+. The van der Waals surface area contributed by atoms with Gasteiger partial charge in [0.25, 0.3) is 0 Å². The molecule has 0 aromatic heterocycles. The molecule has 0 spiro atoms. The van der Waals surface area contributed by atoms with Crippen molar-refractivity contribution in [3.63, 3.8) is 0 Å². The molecule has 33 heavy (non-hydrogen) atoms. The Kier molecular flexibility index (Phi) is 8.34. The molecule has 0 aliphatic carbocycles. The van der Waals surface area contributed by atoms with E-state index in [0.29, 0.717) is 47.3 Å². The number of methoxy groups -OCH3 is 1. The van der Waals surface area contributed by atoms with Crippen LogP contribution in [0.15, 0.2) is 60.3 Å². The fourth-order valence-electron chi connectivity index (χ4n) is 3.52.